The lowest BCUT2D eigenvalue weighted by Crippen LogP contribution is -2.17. The Bertz CT molecular complexity index is 1070. The maximum absolute atomic E-state index is 14.7. The molecule has 3 aromatic rings. The minimum atomic E-state index is -1.06. The van der Waals surface area contributed by atoms with Gasteiger partial charge in [0.25, 0.3) is 0 Å². The van der Waals surface area contributed by atoms with Crippen molar-refractivity contribution < 1.29 is 27.4 Å². The monoisotopic (exact) mass is 426 g/mol. The van der Waals surface area contributed by atoms with Crippen LogP contribution in [0, 0.1) is 17.5 Å². The van der Waals surface area contributed by atoms with E-state index in [-0.39, 0.29) is 17.9 Å². The highest BCUT2D eigenvalue weighted by molar-refractivity contribution is 5.71. The minimum absolute atomic E-state index is 0.0771. The normalized spacial score (nSPS) is 14.4. The molecule has 1 fully saturated rings. The average Bonchev–Trinajstić information content (AvgIpc) is 2.81. The highest BCUT2D eigenvalue weighted by Gasteiger charge is 2.19. The topological polar surface area (TPSA) is 27.7 Å². The molecule has 3 nitrogen and oxygen atoms in total. The van der Waals surface area contributed by atoms with Crippen LogP contribution < -0.4 is 4.74 Å². The fourth-order valence-electron chi connectivity index (χ4n) is 3.44. The molecule has 160 valence electrons. The van der Waals surface area contributed by atoms with Gasteiger partial charge in [-0.05, 0) is 35.7 Å². The molecule has 0 radical (unpaired) electrons. The lowest BCUT2D eigenvalue weighted by atomic mass is 9.98. The Balaban J connectivity index is 1.57. The van der Waals surface area contributed by atoms with Crippen molar-refractivity contribution in [3.63, 3.8) is 0 Å². The lowest BCUT2D eigenvalue weighted by Gasteiger charge is -2.23. The van der Waals surface area contributed by atoms with Gasteiger partial charge in [-0.3, -0.25) is 0 Å². The van der Waals surface area contributed by atoms with Crippen LogP contribution >= 0.6 is 0 Å². The molecule has 0 unspecified atom stereocenters. The highest BCUT2D eigenvalue weighted by atomic mass is 19.2. The van der Waals surface area contributed by atoms with Crippen LogP contribution in [0.25, 0.3) is 22.3 Å². The SMILES string of the molecule is C=CCOc1ccc(-c2ccc(-c3ccc(C4OCCCO4)cc3F)cc2)c(F)c1F. The predicted molar refractivity (Wildman–Crippen MR) is 112 cm³/mol. The van der Waals surface area contributed by atoms with Gasteiger partial charge < -0.3 is 14.2 Å². The van der Waals surface area contributed by atoms with E-state index < -0.39 is 23.7 Å². The van der Waals surface area contributed by atoms with Gasteiger partial charge in [0.15, 0.2) is 17.9 Å². The number of halogens is 3. The van der Waals surface area contributed by atoms with E-state index in [1.807, 2.05) is 0 Å². The van der Waals surface area contributed by atoms with Crippen molar-refractivity contribution in [1.29, 1.82) is 0 Å². The minimum Gasteiger partial charge on any atom is -0.486 e. The number of hydrogen-bond donors (Lipinski definition) is 0. The van der Waals surface area contributed by atoms with Crippen molar-refractivity contribution in [2.24, 2.45) is 0 Å². The second-order valence-corrected chi connectivity index (χ2v) is 7.08. The Morgan fingerprint density at radius 3 is 2.16 bits per heavy atom. The first-order chi connectivity index (χ1) is 15.1. The lowest BCUT2D eigenvalue weighted by molar-refractivity contribution is -0.183. The van der Waals surface area contributed by atoms with Crippen molar-refractivity contribution >= 4 is 0 Å². The van der Waals surface area contributed by atoms with Gasteiger partial charge in [0.1, 0.15) is 12.4 Å². The van der Waals surface area contributed by atoms with Crippen molar-refractivity contribution in [2.75, 3.05) is 19.8 Å². The van der Waals surface area contributed by atoms with Crippen LogP contribution in [0.5, 0.6) is 5.75 Å². The summed E-state index contributed by atoms with van der Waals surface area (Å²) >= 11 is 0. The third kappa shape index (κ3) is 4.50. The largest absolute Gasteiger partial charge is 0.486 e. The molecule has 0 aromatic heterocycles. The summed E-state index contributed by atoms with van der Waals surface area (Å²) in [6, 6.07) is 14.2. The van der Waals surface area contributed by atoms with E-state index >= 15 is 0 Å². The summed E-state index contributed by atoms with van der Waals surface area (Å²) in [5, 5.41) is 0. The molecule has 1 saturated heterocycles. The molecule has 6 heteroatoms. The summed E-state index contributed by atoms with van der Waals surface area (Å²) in [4.78, 5) is 0. The second kappa shape index (κ2) is 9.37. The van der Waals surface area contributed by atoms with Gasteiger partial charge in [0, 0.05) is 16.7 Å². The van der Waals surface area contributed by atoms with Crippen molar-refractivity contribution in [3.05, 3.63) is 90.3 Å². The fourth-order valence-corrected chi connectivity index (χ4v) is 3.44. The van der Waals surface area contributed by atoms with Gasteiger partial charge in [-0.15, -0.1) is 0 Å². The van der Waals surface area contributed by atoms with E-state index in [0.29, 0.717) is 35.5 Å². The molecular weight excluding hydrogens is 405 g/mol. The summed E-state index contributed by atoms with van der Waals surface area (Å²) in [7, 11) is 0. The van der Waals surface area contributed by atoms with E-state index in [9.17, 15) is 13.2 Å². The zero-order valence-corrected chi connectivity index (χ0v) is 16.7. The second-order valence-electron chi connectivity index (χ2n) is 7.08. The number of benzene rings is 3. The van der Waals surface area contributed by atoms with Crippen molar-refractivity contribution in [1.82, 2.24) is 0 Å². The zero-order valence-electron chi connectivity index (χ0n) is 16.7. The Kier molecular flexibility index (Phi) is 6.39. The van der Waals surface area contributed by atoms with Gasteiger partial charge in [-0.2, -0.15) is 4.39 Å². The smallest absolute Gasteiger partial charge is 0.201 e. The van der Waals surface area contributed by atoms with E-state index in [2.05, 4.69) is 6.58 Å². The molecule has 0 aliphatic carbocycles. The van der Waals surface area contributed by atoms with Crippen molar-refractivity contribution in [3.8, 4) is 28.0 Å². The standard InChI is InChI=1S/C25H21F3O3/c1-2-12-29-22-11-10-20(23(27)24(22)28)17-6-4-16(5-7-17)19-9-8-18(15-21(19)26)25-30-13-3-14-31-25/h2,4-11,15,25H,1,3,12-14H2. The number of rotatable bonds is 6. The van der Waals surface area contributed by atoms with Gasteiger partial charge in [0.2, 0.25) is 5.82 Å². The molecule has 1 aliphatic heterocycles. The molecule has 3 aromatic carbocycles. The molecule has 31 heavy (non-hydrogen) atoms. The molecular formula is C25H21F3O3. The molecule has 0 saturated carbocycles. The van der Waals surface area contributed by atoms with Crippen LogP contribution in [0.1, 0.15) is 18.3 Å². The first-order valence-electron chi connectivity index (χ1n) is 9.93. The molecule has 0 spiro atoms. The Morgan fingerprint density at radius 1 is 0.871 bits per heavy atom. The van der Waals surface area contributed by atoms with Gasteiger partial charge in [-0.1, -0.05) is 49.1 Å². The summed E-state index contributed by atoms with van der Waals surface area (Å²) < 4.78 is 59.6. The molecule has 1 aliphatic rings. The molecule has 0 atom stereocenters. The molecule has 1 heterocycles. The highest BCUT2D eigenvalue weighted by Crippen LogP contribution is 2.33. The van der Waals surface area contributed by atoms with Crippen LogP contribution in [0.2, 0.25) is 0 Å². The van der Waals surface area contributed by atoms with Crippen LogP contribution in [0.15, 0.2) is 67.3 Å². The maximum atomic E-state index is 14.7. The quantitative estimate of drug-likeness (QED) is 0.425. The molecule has 0 N–H and O–H groups in total. The number of ether oxygens (including phenoxy) is 3. The van der Waals surface area contributed by atoms with Gasteiger partial charge in [-0.25, -0.2) is 8.78 Å². The summed E-state index contributed by atoms with van der Waals surface area (Å²) in [5.74, 6) is -2.65. The third-order valence-corrected chi connectivity index (χ3v) is 5.00. The predicted octanol–water partition coefficient (Wildman–Crippen LogP) is 6.44. The molecule has 0 bridgehead atoms. The third-order valence-electron chi connectivity index (χ3n) is 5.00. The Labute approximate surface area is 178 Å². The Hall–Kier alpha value is -3.09. The average molecular weight is 426 g/mol. The molecule has 4 rings (SSSR count). The summed E-state index contributed by atoms with van der Waals surface area (Å²) in [5.41, 5.74) is 2.19. The summed E-state index contributed by atoms with van der Waals surface area (Å²) in [6.45, 7) is 4.71. The fraction of sp³-hybridized carbons (Fsp3) is 0.200. The van der Waals surface area contributed by atoms with E-state index in [0.717, 1.165) is 6.42 Å². The first-order valence-corrected chi connectivity index (χ1v) is 9.93. The molecule has 0 amide bonds. The first kappa shape index (κ1) is 21.2. The van der Waals surface area contributed by atoms with Gasteiger partial charge in [0.05, 0.1) is 13.2 Å². The van der Waals surface area contributed by atoms with Crippen molar-refractivity contribution in [2.45, 2.75) is 12.7 Å². The Morgan fingerprint density at radius 2 is 1.52 bits per heavy atom. The van der Waals surface area contributed by atoms with E-state index in [4.69, 9.17) is 14.2 Å². The maximum Gasteiger partial charge on any atom is 0.201 e. The van der Waals surface area contributed by atoms with Crippen LogP contribution in [-0.2, 0) is 9.47 Å². The number of hydrogen-bond acceptors (Lipinski definition) is 3. The summed E-state index contributed by atoms with van der Waals surface area (Å²) in [6.07, 6.45) is 1.71. The van der Waals surface area contributed by atoms with Crippen LogP contribution in [0.4, 0.5) is 13.2 Å². The zero-order chi connectivity index (χ0) is 21.8. The van der Waals surface area contributed by atoms with E-state index in [1.165, 1.54) is 24.3 Å². The van der Waals surface area contributed by atoms with E-state index in [1.54, 1.807) is 36.4 Å². The van der Waals surface area contributed by atoms with Gasteiger partial charge >= 0.3 is 0 Å². The van der Waals surface area contributed by atoms with Crippen LogP contribution in [0.3, 0.4) is 0 Å². The van der Waals surface area contributed by atoms with Crippen LogP contribution in [-0.4, -0.2) is 19.8 Å².